The molecular weight excluding hydrogens is 235 g/mol. The summed E-state index contributed by atoms with van der Waals surface area (Å²) in [6, 6.07) is 3.37. The molecule has 0 unspecified atom stereocenters. The number of ether oxygens (including phenoxy) is 1. The molecule has 17 heavy (non-hydrogen) atoms. The van der Waals surface area contributed by atoms with Gasteiger partial charge in [-0.2, -0.15) is 13.2 Å². The summed E-state index contributed by atoms with van der Waals surface area (Å²) in [6.45, 7) is 0. The number of alkyl halides is 3. The summed E-state index contributed by atoms with van der Waals surface area (Å²) < 4.78 is 41.3. The third-order valence-corrected chi connectivity index (χ3v) is 2.27. The van der Waals surface area contributed by atoms with Crippen LogP contribution in [0.1, 0.15) is 17.2 Å². The maximum absolute atomic E-state index is 12.3. The Bertz CT molecular complexity index is 387. The molecule has 0 radical (unpaired) electrons. The third kappa shape index (κ3) is 3.74. The van der Waals surface area contributed by atoms with E-state index in [1.165, 1.54) is 31.4 Å². The maximum Gasteiger partial charge on any atom is 0.407 e. The van der Waals surface area contributed by atoms with Gasteiger partial charge in [0.2, 0.25) is 0 Å². The molecule has 0 fully saturated rings. The quantitative estimate of drug-likeness (QED) is 0.831. The average Bonchev–Trinajstić information content (AvgIpc) is 2.27. The largest absolute Gasteiger partial charge is 0.469 e. The first-order valence-corrected chi connectivity index (χ1v) is 4.82. The topological polar surface area (TPSA) is 52.3 Å². The van der Waals surface area contributed by atoms with Gasteiger partial charge in [-0.15, -0.1) is 0 Å². The highest BCUT2D eigenvalue weighted by atomic mass is 19.4. The zero-order valence-corrected chi connectivity index (χ0v) is 9.12. The lowest BCUT2D eigenvalue weighted by Crippen LogP contribution is -2.28. The fraction of sp³-hybridized carbons (Fsp3) is 0.364. The van der Waals surface area contributed by atoms with E-state index in [2.05, 4.69) is 4.74 Å². The summed E-state index contributed by atoms with van der Waals surface area (Å²) in [5, 5.41) is 0. The summed E-state index contributed by atoms with van der Waals surface area (Å²) in [5.74, 6) is -0.446. The van der Waals surface area contributed by atoms with Crippen LogP contribution in [-0.4, -0.2) is 19.3 Å². The smallest absolute Gasteiger partial charge is 0.407 e. The first kappa shape index (κ1) is 13.5. The van der Waals surface area contributed by atoms with Crippen molar-refractivity contribution in [2.75, 3.05) is 7.11 Å². The predicted molar refractivity (Wildman–Crippen MR) is 55.1 cm³/mol. The van der Waals surface area contributed by atoms with E-state index in [0.29, 0.717) is 5.56 Å². The van der Waals surface area contributed by atoms with Crippen LogP contribution in [0.4, 0.5) is 13.2 Å². The van der Waals surface area contributed by atoms with E-state index in [4.69, 9.17) is 5.73 Å². The Labute approximate surface area is 96.4 Å². The van der Waals surface area contributed by atoms with Gasteiger partial charge in [-0.05, 0) is 11.1 Å². The standard InChI is InChI=1S/C11H12F3NO2/c1-17-9(16)6-7-2-4-8(5-3-7)10(15)11(12,13)14/h2-5,10H,6,15H2,1H3/t10-/m1/s1. The van der Waals surface area contributed by atoms with Gasteiger partial charge >= 0.3 is 12.1 Å². The highest BCUT2D eigenvalue weighted by Crippen LogP contribution is 2.30. The molecule has 1 aromatic carbocycles. The van der Waals surface area contributed by atoms with Crippen LogP contribution in [0.5, 0.6) is 0 Å². The van der Waals surface area contributed by atoms with Crippen molar-refractivity contribution in [1.29, 1.82) is 0 Å². The zero-order valence-electron chi connectivity index (χ0n) is 9.12. The second-order valence-corrected chi connectivity index (χ2v) is 3.51. The van der Waals surface area contributed by atoms with Gasteiger partial charge in [-0.3, -0.25) is 4.79 Å². The van der Waals surface area contributed by atoms with E-state index in [9.17, 15) is 18.0 Å². The van der Waals surface area contributed by atoms with Gasteiger partial charge in [0.25, 0.3) is 0 Å². The summed E-state index contributed by atoms with van der Waals surface area (Å²) in [6.07, 6.45) is -4.44. The Kier molecular flexibility index (Phi) is 4.11. The number of hydrogen-bond acceptors (Lipinski definition) is 3. The van der Waals surface area contributed by atoms with Crippen LogP contribution in [0.2, 0.25) is 0 Å². The number of hydrogen-bond donors (Lipinski definition) is 1. The number of methoxy groups -OCH3 is 1. The second kappa shape index (κ2) is 5.18. The van der Waals surface area contributed by atoms with Crippen molar-refractivity contribution in [3.63, 3.8) is 0 Å². The Balaban J connectivity index is 2.78. The number of carbonyl (C=O) groups excluding carboxylic acids is 1. The molecule has 0 heterocycles. The van der Waals surface area contributed by atoms with Crippen molar-refractivity contribution in [3.8, 4) is 0 Å². The second-order valence-electron chi connectivity index (χ2n) is 3.51. The van der Waals surface area contributed by atoms with Gasteiger partial charge in [-0.1, -0.05) is 24.3 Å². The first-order valence-electron chi connectivity index (χ1n) is 4.82. The lowest BCUT2D eigenvalue weighted by Gasteiger charge is -2.15. The SMILES string of the molecule is COC(=O)Cc1ccc([C@@H](N)C(F)(F)F)cc1. The normalized spacial score (nSPS) is 13.2. The lowest BCUT2D eigenvalue weighted by atomic mass is 10.0. The van der Waals surface area contributed by atoms with Crippen LogP contribution in [-0.2, 0) is 16.0 Å². The van der Waals surface area contributed by atoms with Crippen molar-refractivity contribution in [3.05, 3.63) is 35.4 Å². The molecule has 1 rings (SSSR count). The molecule has 0 bridgehead atoms. The lowest BCUT2D eigenvalue weighted by molar-refractivity contribution is -0.149. The molecule has 94 valence electrons. The molecule has 0 saturated carbocycles. The van der Waals surface area contributed by atoms with E-state index in [0.717, 1.165) is 0 Å². The Hall–Kier alpha value is -1.56. The first-order chi connectivity index (χ1) is 7.84. The van der Waals surface area contributed by atoms with Crippen LogP contribution in [0, 0.1) is 0 Å². The average molecular weight is 247 g/mol. The van der Waals surface area contributed by atoms with Crippen molar-refractivity contribution in [2.45, 2.75) is 18.6 Å². The maximum atomic E-state index is 12.3. The van der Waals surface area contributed by atoms with Gasteiger partial charge in [0.05, 0.1) is 13.5 Å². The van der Waals surface area contributed by atoms with Crippen LogP contribution in [0.15, 0.2) is 24.3 Å². The fourth-order valence-corrected chi connectivity index (χ4v) is 1.27. The molecule has 1 atom stereocenters. The van der Waals surface area contributed by atoms with Crippen molar-refractivity contribution in [2.24, 2.45) is 5.73 Å². The summed E-state index contributed by atoms with van der Waals surface area (Å²) >= 11 is 0. The molecule has 0 aliphatic rings. The molecule has 0 saturated heterocycles. The van der Waals surface area contributed by atoms with Gasteiger partial charge in [0, 0.05) is 0 Å². The minimum Gasteiger partial charge on any atom is -0.469 e. The van der Waals surface area contributed by atoms with Crippen molar-refractivity contribution >= 4 is 5.97 Å². The van der Waals surface area contributed by atoms with E-state index in [1.54, 1.807) is 0 Å². The van der Waals surface area contributed by atoms with Crippen molar-refractivity contribution < 1.29 is 22.7 Å². The third-order valence-electron chi connectivity index (χ3n) is 2.27. The summed E-state index contributed by atoms with van der Waals surface area (Å²) in [4.78, 5) is 10.9. The minimum absolute atomic E-state index is 0.0258. The number of carbonyl (C=O) groups is 1. The minimum atomic E-state index is -4.47. The number of rotatable bonds is 3. The molecule has 0 spiro atoms. The molecule has 2 N–H and O–H groups in total. The Morgan fingerprint density at radius 2 is 1.88 bits per heavy atom. The van der Waals surface area contributed by atoms with Crippen LogP contribution in [0.25, 0.3) is 0 Å². The van der Waals surface area contributed by atoms with Crippen LogP contribution in [0.3, 0.4) is 0 Å². The van der Waals surface area contributed by atoms with Gasteiger partial charge in [0.15, 0.2) is 0 Å². The summed E-state index contributed by atoms with van der Waals surface area (Å²) in [5.41, 5.74) is 5.58. The predicted octanol–water partition coefficient (Wildman–Crippen LogP) is 1.96. The molecule has 6 heteroatoms. The Morgan fingerprint density at radius 1 is 1.35 bits per heavy atom. The monoisotopic (exact) mass is 247 g/mol. The molecular formula is C11H12F3NO2. The molecule has 0 aliphatic carbocycles. The van der Waals surface area contributed by atoms with Crippen LogP contribution < -0.4 is 5.73 Å². The molecule has 0 amide bonds. The van der Waals surface area contributed by atoms with Crippen molar-refractivity contribution in [1.82, 2.24) is 0 Å². The van der Waals surface area contributed by atoms with Gasteiger partial charge in [-0.25, -0.2) is 0 Å². The number of esters is 1. The zero-order chi connectivity index (χ0) is 13.1. The van der Waals surface area contributed by atoms with Crippen LogP contribution >= 0.6 is 0 Å². The molecule has 3 nitrogen and oxygen atoms in total. The van der Waals surface area contributed by atoms with Gasteiger partial charge in [0.1, 0.15) is 6.04 Å². The fourth-order valence-electron chi connectivity index (χ4n) is 1.27. The summed E-state index contributed by atoms with van der Waals surface area (Å²) in [7, 11) is 1.25. The molecule has 0 aliphatic heterocycles. The number of halogens is 3. The highest BCUT2D eigenvalue weighted by Gasteiger charge is 2.37. The number of benzene rings is 1. The van der Waals surface area contributed by atoms with E-state index < -0.39 is 18.2 Å². The molecule has 1 aromatic rings. The van der Waals surface area contributed by atoms with E-state index in [-0.39, 0.29) is 12.0 Å². The van der Waals surface area contributed by atoms with E-state index in [1.807, 2.05) is 0 Å². The highest BCUT2D eigenvalue weighted by molar-refractivity contribution is 5.72. The van der Waals surface area contributed by atoms with Gasteiger partial charge < -0.3 is 10.5 Å². The molecule has 0 aromatic heterocycles. The number of nitrogens with two attached hydrogens (primary N) is 1. The Morgan fingerprint density at radius 3 is 2.29 bits per heavy atom. The van der Waals surface area contributed by atoms with E-state index >= 15 is 0 Å².